The van der Waals surface area contributed by atoms with Gasteiger partial charge in [-0.25, -0.2) is 13.6 Å². The molecule has 11 heteroatoms. The van der Waals surface area contributed by atoms with Gasteiger partial charge in [-0.15, -0.1) is 0 Å². The number of nitrogens with one attached hydrogen (secondary N) is 2. The first-order chi connectivity index (χ1) is 18.6. The van der Waals surface area contributed by atoms with Crippen LogP contribution in [0.4, 0.5) is 8.78 Å². The highest BCUT2D eigenvalue weighted by Crippen LogP contribution is 2.25. The molecule has 0 heterocycles. The Balaban J connectivity index is 1.80. The molecule has 3 rings (SSSR count). The normalized spacial score (nSPS) is 13.1. The van der Waals surface area contributed by atoms with Crippen LogP contribution in [0.1, 0.15) is 16.7 Å². The molecule has 3 atom stereocenters. The number of carbonyl (C=O) groups is 3. The van der Waals surface area contributed by atoms with E-state index in [0.29, 0.717) is 5.56 Å². The van der Waals surface area contributed by atoms with Crippen LogP contribution in [0.25, 0.3) is 0 Å². The fourth-order valence-corrected chi connectivity index (χ4v) is 3.91. The van der Waals surface area contributed by atoms with E-state index in [0.717, 1.165) is 7.11 Å². The number of methoxy groups -OCH3 is 1. The second-order valence-corrected chi connectivity index (χ2v) is 8.87. The van der Waals surface area contributed by atoms with E-state index in [9.17, 15) is 33.4 Å². The molecule has 0 saturated carbocycles. The van der Waals surface area contributed by atoms with Gasteiger partial charge in [0.1, 0.15) is 23.7 Å². The molecule has 9 nitrogen and oxygen atoms in total. The van der Waals surface area contributed by atoms with Gasteiger partial charge in [0.25, 0.3) is 0 Å². The lowest BCUT2D eigenvalue weighted by Crippen LogP contribution is -2.56. The number of rotatable bonds is 11. The average molecular weight is 542 g/mol. The van der Waals surface area contributed by atoms with Crippen molar-refractivity contribution in [2.75, 3.05) is 7.11 Å². The van der Waals surface area contributed by atoms with Crippen molar-refractivity contribution in [1.82, 2.24) is 10.6 Å². The van der Waals surface area contributed by atoms with Crippen LogP contribution in [-0.4, -0.2) is 53.2 Å². The summed E-state index contributed by atoms with van der Waals surface area (Å²) < 4.78 is 33.4. The molecule has 0 spiro atoms. The first-order valence-electron chi connectivity index (χ1n) is 12.0. The quantitative estimate of drug-likeness (QED) is 0.184. The highest BCUT2D eigenvalue weighted by atomic mass is 19.1. The summed E-state index contributed by atoms with van der Waals surface area (Å²) in [5, 5.41) is 24.1. The minimum absolute atomic E-state index is 0.0498. The lowest BCUT2D eigenvalue weighted by atomic mass is 10.0. The van der Waals surface area contributed by atoms with Crippen molar-refractivity contribution < 1.29 is 38.1 Å². The van der Waals surface area contributed by atoms with E-state index in [1.807, 2.05) is 0 Å². The number of amides is 2. The molecule has 0 aliphatic carbocycles. The zero-order valence-corrected chi connectivity index (χ0v) is 21.1. The first kappa shape index (κ1) is 29.1. The molecular formula is C28H29F2N3O6. The molecule has 2 amide bonds. The van der Waals surface area contributed by atoms with Crippen molar-refractivity contribution in [2.24, 2.45) is 5.73 Å². The van der Waals surface area contributed by atoms with Crippen molar-refractivity contribution in [3.05, 3.63) is 95.1 Å². The second-order valence-electron chi connectivity index (χ2n) is 8.87. The molecule has 0 radical (unpaired) electrons. The summed E-state index contributed by atoms with van der Waals surface area (Å²) in [4.78, 5) is 38.7. The molecule has 0 saturated heterocycles. The molecule has 3 aromatic rings. The molecule has 0 aliphatic heterocycles. The number of phenols is 2. The largest absolute Gasteiger partial charge is 0.504 e. The molecule has 0 unspecified atom stereocenters. The summed E-state index contributed by atoms with van der Waals surface area (Å²) >= 11 is 0. The molecular weight excluding hydrogens is 512 g/mol. The van der Waals surface area contributed by atoms with Gasteiger partial charge < -0.3 is 31.3 Å². The van der Waals surface area contributed by atoms with Crippen molar-refractivity contribution in [3.63, 3.8) is 0 Å². The Morgan fingerprint density at radius 3 is 1.87 bits per heavy atom. The Morgan fingerprint density at radius 1 is 0.795 bits per heavy atom. The summed E-state index contributed by atoms with van der Waals surface area (Å²) in [6.07, 6.45) is -0.550. The highest BCUT2D eigenvalue weighted by Gasteiger charge is 2.30. The Kier molecular flexibility index (Phi) is 9.93. The van der Waals surface area contributed by atoms with Crippen LogP contribution in [0.2, 0.25) is 0 Å². The molecule has 206 valence electrons. The van der Waals surface area contributed by atoms with Gasteiger partial charge in [0, 0.05) is 12.8 Å². The average Bonchev–Trinajstić information content (AvgIpc) is 2.91. The zero-order valence-electron chi connectivity index (χ0n) is 21.1. The SMILES string of the molecule is COC(=O)[C@H](Cc1ccccc1F)NC(=O)[C@@H](Cc1ccccc1F)NC(=O)[C@@H](N)Cc1ccc(O)c(O)c1. The maximum atomic E-state index is 14.4. The maximum Gasteiger partial charge on any atom is 0.328 e. The lowest BCUT2D eigenvalue weighted by molar-refractivity contribution is -0.145. The van der Waals surface area contributed by atoms with Gasteiger partial charge in [0.15, 0.2) is 11.5 Å². The van der Waals surface area contributed by atoms with Gasteiger partial charge in [-0.1, -0.05) is 42.5 Å². The Hall–Kier alpha value is -4.51. The lowest BCUT2D eigenvalue weighted by Gasteiger charge is -2.24. The third-order valence-corrected chi connectivity index (χ3v) is 6.03. The van der Waals surface area contributed by atoms with Gasteiger partial charge in [0.05, 0.1) is 13.2 Å². The number of halogens is 2. The summed E-state index contributed by atoms with van der Waals surface area (Å²) in [5.74, 6) is -4.36. The molecule has 6 N–H and O–H groups in total. The van der Waals surface area contributed by atoms with Crippen LogP contribution < -0.4 is 16.4 Å². The van der Waals surface area contributed by atoms with Crippen LogP contribution in [-0.2, 0) is 38.4 Å². The number of carbonyl (C=O) groups excluding carboxylic acids is 3. The van der Waals surface area contributed by atoms with Crippen LogP contribution in [0.5, 0.6) is 11.5 Å². The van der Waals surface area contributed by atoms with E-state index >= 15 is 0 Å². The number of hydrogen-bond acceptors (Lipinski definition) is 7. The summed E-state index contributed by atoms with van der Waals surface area (Å²) in [6.45, 7) is 0. The van der Waals surface area contributed by atoms with E-state index in [4.69, 9.17) is 10.5 Å². The fourth-order valence-electron chi connectivity index (χ4n) is 3.91. The predicted octanol–water partition coefficient (Wildman–Crippen LogP) is 1.87. The van der Waals surface area contributed by atoms with Crippen LogP contribution in [0.3, 0.4) is 0 Å². The predicted molar refractivity (Wildman–Crippen MR) is 138 cm³/mol. The van der Waals surface area contributed by atoms with E-state index < -0.39 is 47.5 Å². The van der Waals surface area contributed by atoms with Crippen LogP contribution in [0, 0.1) is 11.6 Å². The molecule has 0 fully saturated rings. The number of ether oxygens (including phenoxy) is 1. The van der Waals surface area contributed by atoms with Crippen LogP contribution in [0.15, 0.2) is 66.7 Å². The van der Waals surface area contributed by atoms with E-state index in [1.165, 1.54) is 54.6 Å². The number of nitrogens with two attached hydrogens (primary N) is 1. The maximum absolute atomic E-state index is 14.4. The molecule has 39 heavy (non-hydrogen) atoms. The molecule has 0 bridgehead atoms. The van der Waals surface area contributed by atoms with E-state index in [1.54, 1.807) is 12.1 Å². The molecule has 0 aliphatic rings. The number of benzene rings is 3. The smallest absolute Gasteiger partial charge is 0.328 e. The van der Waals surface area contributed by atoms with Crippen LogP contribution >= 0.6 is 0 Å². The molecule has 0 aromatic heterocycles. The first-order valence-corrected chi connectivity index (χ1v) is 12.0. The van der Waals surface area contributed by atoms with Crippen molar-refractivity contribution in [3.8, 4) is 11.5 Å². The number of esters is 1. The summed E-state index contributed by atoms with van der Waals surface area (Å²) in [6, 6.07) is 11.5. The Labute approximate surface area is 223 Å². The van der Waals surface area contributed by atoms with Crippen molar-refractivity contribution >= 4 is 17.8 Å². The van der Waals surface area contributed by atoms with Gasteiger partial charge >= 0.3 is 5.97 Å². The second kappa shape index (κ2) is 13.3. The highest BCUT2D eigenvalue weighted by molar-refractivity contribution is 5.92. The number of hydrogen-bond donors (Lipinski definition) is 5. The Morgan fingerprint density at radius 2 is 1.33 bits per heavy atom. The number of phenolic OH excluding ortho intramolecular Hbond substituents is 2. The monoisotopic (exact) mass is 541 g/mol. The molecule has 3 aromatic carbocycles. The summed E-state index contributed by atoms with van der Waals surface area (Å²) in [7, 11) is 1.11. The summed E-state index contributed by atoms with van der Waals surface area (Å²) in [5.41, 5.74) is 6.74. The minimum Gasteiger partial charge on any atom is -0.504 e. The van der Waals surface area contributed by atoms with Gasteiger partial charge in [-0.05, 0) is 47.4 Å². The Bertz CT molecular complexity index is 1340. The van der Waals surface area contributed by atoms with Gasteiger partial charge in [-0.3, -0.25) is 9.59 Å². The zero-order chi connectivity index (χ0) is 28.5. The number of aromatic hydroxyl groups is 2. The fraction of sp³-hybridized carbons (Fsp3) is 0.250. The third-order valence-electron chi connectivity index (χ3n) is 6.03. The van der Waals surface area contributed by atoms with Crippen molar-refractivity contribution in [1.29, 1.82) is 0 Å². The third kappa shape index (κ3) is 7.99. The van der Waals surface area contributed by atoms with Gasteiger partial charge in [-0.2, -0.15) is 0 Å². The van der Waals surface area contributed by atoms with Gasteiger partial charge in [0.2, 0.25) is 11.8 Å². The van der Waals surface area contributed by atoms with E-state index in [2.05, 4.69) is 10.6 Å². The minimum atomic E-state index is -1.36. The standard InChI is InChI=1S/C28H29F2N3O6/c1-39-28(38)23(15-18-7-3-5-9-20(18)30)33-27(37)22(14-17-6-2-4-8-19(17)29)32-26(36)21(31)12-16-10-11-24(34)25(35)13-16/h2-11,13,21-23,34-35H,12,14-15,31H2,1H3,(H,32,36)(H,33,37)/t21-,22+,23-/m0/s1. The topological polar surface area (TPSA) is 151 Å². The van der Waals surface area contributed by atoms with Crippen molar-refractivity contribution in [2.45, 2.75) is 37.4 Å². The van der Waals surface area contributed by atoms with E-state index in [-0.39, 0.29) is 41.9 Å².